The number of rotatable bonds is 6. The van der Waals surface area contributed by atoms with Crippen LogP contribution >= 0.6 is 11.3 Å². The third-order valence-electron chi connectivity index (χ3n) is 3.88. The minimum Gasteiger partial charge on any atom is -0.484 e. The quantitative estimate of drug-likeness (QED) is 0.625. The van der Waals surface area contributed by atoms with Crippen molar-refractivity contribution in [1.29, 1.82) is 0 Å². The van der Waals surface area contributed by atoms with Gasteiger partial charge in [0.15, 0.2) is 6.61 Å². The highest BCUT2D eigenvalue weighted by atomic mass is 32.1. The predicted octanol–water partition coefficient (Wildman–Crippen LogP) is 2.73. The van der Waals surface area contributed by atoms with Crippen LogP contribution in [-0.2, 0) is 9.53 Å². The molecule has 1 saturated heterocycles. The van der Waals surface area contributed by atoms with Crippen LogP contribution < -0.4 is 15.1 Å². The van der Waals surface area contributed by atoms with Gasteiger partial charge in [-0.3, -0.25) is 4.79 Å². The number of hydrogen-bond donors (Lipinski definition) is 1. The first kappa shape index (κ1) is 18.4. The SMILES string of the molecule is Cc1cc(C)cc(OCC(=O)N/N=C\c2ccc(N3CCOCC3)s2)c1. The zero-order valence-electron chi connectivity index (χ0n) is 15.0. The standard InChI is InChI=1S/C19H23N3O3S/c1-14-9-15(2)11-16(10-14)25-13-18(23)21-20-12-17-3-4-19(26-17)22-5-7-24-8-6-22/h3-4,9-12H,5-8,13H2,1-2H3,(H,21,23)/b20-12-. The lowest BCUT2D eigenvalue weighted by Gasteiger charge is -2.27. The van der Waals surface area contributed by atoms with Gasteiger partial charge in [-0.25, -0.2) is 5.43 Å². The van der Waals surface area contributed by atoms with Crippen molar-refractivity contribution in [1.82, 2.24) is 5.43 Å². The molecule has 0 bridgehead atoms. The number of aryl methyl sites for hydroxylation is 2. The molecule has 1 aromatic carbocycles. The van der Waals surface area contributed by atoms with Crippen molar-refractivity contribution < 1.29 is 14.3 Å². The van der Waals surface area contributed by atoms with Crippen molar-refractivity contribution in [3.05, 3.63) is 46.3 Å². The van der Waals surface area contributed by atoms with Crippen molar-refractivity contribution in [3.63, 3.8) is 0 Å². The Morgan fingerprint density at radius 1 is 1.27 bits per heavy atom. The summed E-state index contributed by atoms with van der Waals surface area (Å²) in [5, 5.41) is 5.20. The Morgan fingerprint density at radius 3 is 2.73 bits per heavy atom. The van der Waals surface area contributed by atoms with E-state index in [9.17, 15) is 4.79 Å². The van der Waals surface area contributed by atoms with Gasteiger partial charge in [0.2, 0.25) is 0 Å². The monoisotopic (exact) mass is 373 g/mol. The van der Waals surface area contributed by atoms with Crippen molar-refractivity contribution in [3.8, 4) is 5.75 Å². The van der Waals surface area contributed by atoms with Gasteiger partial charge in [-0.1, -0.05) is 6.07 Å². The Morgan fingerprint density at radius 2 is 2.00 bits per heavy atom. The predicted molar refractivity (Wildman–Crippen MR) is 104 cm³/mol. The Balaban J connectivity index is 1.46. The summed E-state index contributed by atoms with van der Waals surface area (Å²) >= 11 is 1.64. The van der Waals surface area contributed by atoms with Gasteiger partial charge < -0.3 is 14.4 Å². The molecular formula is C19H23N3O3S. The number of hydrazone groups is 1. The van der Waals surface area contributed by atoms with Crippen LogP contribution in [0.15, 0.2) is 35.4 Å². The summed E-state index contributed by atoms with van der Waals surface area (Å²) < 4.78 is 10.9. The van der Waals surface area contributed by atoms with Gasteiger partial charge in [-0.2, -0.15) is 5.10 Å². The lowest BCUT2D eigenvalue weighted by atomic mass is 10.1. The molecule has 1 aliphatic heterocycles. The van der Waals surface area contributed by atoms with Crippen LogP contribution in [0.3, 0.4) is 0 Å². The maximum absolute atomic E-state index is 11.9. The molecule has 1 fully saturated rings. The zero-order chi connectivity index (χ0) is 18.4. The fraction of sp³-hybridized carbons (Fsp3) is 0.368. The number of nitrogens with zero attached hydrogens (tertiary/aromatic N) is 2. The van der Waals surface area contributed by atoms with Crippen LogP contribution in [0.2, 0.25) is 0 Å². The number of morpholine rings is 1. The summed E-state index contributed by atoms with van der Waals surface area (Å²) in [5.74, 6) is 0.403. The van der Waals surface area contributed by atoms with E-state index in [-0.39, 0.29) is 12.5 Å². The zero-order valence-corrected chi connectivity index (χ0v) is 15.8. The topological polar surface area (TPSA) is 63.2 Å². The Bertz CT molecular complexity index is 762. The number of carbonyl (C=O) groups excluding carboxylic acids is 1. The lowest BCUT2D eigenvalue weighted by molar-refractivity contribution is -0.123. The Kier molecular flexibility index (Phi) is 6.25. The average Bonchev–Trinajstić information content (AvgIpc) is 3.09. The first-order chi connectivity index (χ1) is 12.6. The number of amides is 1. The fourth-order valence-corrected chi connectivity index (χ4v) is 3.66. The minimum atomic E-state index is -0.287. The molecule has 1 N–H and O–H groups in total. The normalized spacial score (nSPS) is 14.6. The van der Waals surface area contributed by atoms with Crippen molar-refractivity contribution in [2.45, 2.75) is 13.8 Å². The largest absolute Gasteiger partial charge is 0.484 e. The second kappa shape index (κ2) is 8.82. The van der Waals surface area contributed by atoms with Crippen LogP contribution in [0.1, 0.15) is 16.0 Å². The molecule has 6 nitrogen and oxygen atoms in total. The summed E-state index contributed by atoms with van der Waals surface area (Å²) in [4.78, 5) is 15.1. The summed E-state index contributed by atoms with van der Waals surface area (Å²) in [7, 11) is 0. The van der Waals surface area contributed by atoms with Gasteiger partial charge >= 0.3 is 0 Å². The molecule has 26 heavy (non-hydrogen) atoms. The molecule has 0 aliphatic carbocycles. The molecule has 2 heterocycles. The molecule has 138 valence electrons. The van der Waals surface area contributed by atoms with Crippen LogP contribution in [0, 0.1) is 13.8 Å². The van der Waals surface area contributed by atoms with E-state index in [0.717, 1.165) is 42.3 Å². The number of benzene rings is 1. The van der Waals surface area contributed by atoms with Gasteiger partial charge in [0.05, 0.1) is 24.4 Å². The number of nitrogens with one attached hydrogen (secondary N) is 1. The summed E-state index contributed by atoms with van der Waals surface area (Å²) in [6, 6.07) is 9.94. The molecule has 1 aromatic heterocycles. The Hall–Kier alpha value is -2.38. The smallest absolute Gasteiger partial charge is 0.277 e. The minimum absolute atomic E-state index is 0.0658. The molecule has 3 rings (SSSR count). The lowest BCUT2D eigenvalue weighted by Crippen LogP contribution is -2.35. The number of ether oxygens (including phenoxy) is 2. The van der Waals surface area contributed by atoms with E-state index in [2.05, 4.69) is 27.6 Å². The number of thiophene rings is 1. The third kappa shape index (κ3) is 5.31. The highest BCUT2D eigenvalue weighted by Crippen LogP contribution is 2.25. The number of anilines is 1. The first-order valence-electron chi connectivity index (χ1n) is 8.56. The second-order valence-electron chi connectivity index (χ2n) is 6.18. The molecule has 0 saturated carbocycles. The van der Waals surface area contributed by atoms with Crippen molar-refractivity contribution in [2.24, 2.45) is 5.10 Å². The van der Waals surface area contributed by atoms with Crippen LogP contribution in [0.4, 0.5) is 5.00 Å². The van der Waals surface area contributed by atoms with E-state index in [1.807, 2.05) is 32.0 Å². The van der Waals surface area contributed by atoms with Gasteiger partial charge in [0.1, 0.15) is 5.75 Å². The molecule has 0 unspecified atom stereocenters. The highest BCUT2D eigenvalue weighted by Gasteiger charge is 2.12. The van der Waals surface area contributed by atoms with Gasteiger partial charge in [0, 0.05) is 18.0 Å². The Labute approximate surface area is 157 Å². The summed E-state index contributed by atoms with van der Waals surface area (Å²) in [6.07, 6.45) is 1.66. The molecule has 1 aliphatic rings. The van der Waals surface area contributed by atoms with Crippen LogP contribution in [-0.4, -0.2) is 45.0 Å². The van der Waals surface area contributed by atoms with Crippen LogP contribution in [0.5, 0.6) is 5.75 Å². The van der Waals surface area contributed by atoms with Crippen molar-refractivity contribution in [2.75, 3.05) is 37.8 Å². The molecule has 0 atom stereocenters. The van der Waals surface area contributed by atoms with Gasteiger partial charge in [0.25, 0.3) is 5.91 Å². The van der Waals surface area contributed by atoms with E-state index in [1.54, 1.807) is 17.6 Å². The molecule has 2 aromatic rings. The van der Waals surface area contributed by atoms with Crippen LogP contribution in [0.25, 0.3) is 0 Å². The van der Waals surface area contributed by atoms with Gasteiger partial charge in [-0.15, -0.1) is 11.3 Å². The summed E-state index contributed by atoms with van der Waals surface area (Å²) in [6.45, 7) is 7.26. The average molecular weight is 373 g/mol. The maximum Gasteiger partial charge on any atom is 0.277 e. The third-order valence-corrected chi connectivity index (χ3v) is 4.96. The van der Waals surface area contributed by atoms with E-state index in [0.29, 0.717) is 5.75 Å². The summed E-state index contributed by atoms with van der Waals surface area (Å²) in [5.41, 5.74) is 4.71. The van der Waals surface area contributed by atoms with E-state index < -0.39 is 0 Å². The number of hydrogen-bond acceptors (Lipinski definition) is 6. The van der Waals surface area contributed by atoms with E-state index >= 15 is 0 Å². The van der Waals surface area contributed by atoms with Crippen molar-refractivity contribution >= 4 is 28.5 Å². The number of carbonyl (C=O) groups is 1. The van der Waals surface area contributed by atoms with Gasteiger partial charge in [-0.05, 0) is 49.2 Å². The molecule has 0 radical (unpaired) electrons. The second-order valence-corrected chi connectivity index (χ2v) is 7.27. The fourth-order valence-electron chi connectivity index (χ4n) is 2.73. The maximum atomic E-state index is 11.9. The molecule has 1 amide bonds. The highest BCUT2D eigenvalue weighted by molar-refractivity contribution is 7.17. The van der Waals surface area contributed by atoms with E-state index in [4.69, 9.17) is 9.47 Å². The molecule has 0 spiro atoms. The first-order valence-corrected chi connectivity index (χ1v) is 9.37. The molecular weight excluding hydrogens is 350 g/mol. The molecule has 7 heteroatoms. The van der Waals surface area contributed by atoms with E-state index in [1.165, 1.54) is 5.00 Å².